The van der Waals surface area contributed by atoms with Crippen LogP contribution in [-0.4, -0.2) is 51.0 Å². The number of H-pyrrole nitrogens is 1. The lowest BCUT2D eigenvalue weighted by Crippen LogP contribution is -2.23. The minimum Gasteiger partial charge on any atom is -0.420 e. The molecule has 1 unspecified atom stereocenters. The number of carbonyl (C=O) groups is 1. The second-order valence-electron chi connectivity index (χ2n) is 7.67. The van der Waals surface area contributed by atoms with Gasteiger partial charge in [0.05, 0.1) is 17.4 Å². The normalized spacial score (nSPS) is 16.4. The van der Waals surface area contributed by atoms with Crippen LogP contribution >= 0.6 is 11.6 Å². The van der Waals surface area contributed by atoms with Gasteiger partial charge in [0.15, 0.2) is 0 Å². The first-order chi connectivity index (χ1) is 16.4. The van der Waals surface area contributed by atoms with Gasteiger partial charge in [0.25, 0.3) is 5.91 Å². The van der Waals surface area contributed by atoms with E-state index in [9.17, 15) is 31.9 Å². The largest absolute Gasteiger partial charge is 0.487 e. The summed E-state index contributed by atoms with van der Waals surface area (Å²) >= 11 is 4.71. The Labute approximate surface area is 199 Å². The molecule has 3 heterocycles. The number of ether oxygens (including phenoxy) is 1. The highest BCUT2D eigenvalue weighted by atomic mass is 35.5. The third-order valence-corrected chi connectivity index (χ3v) is 5.17. The predicted octanol–water partition coefficient (Wildman–Crippen LogP) is 4.48. The minimum absolute atomic E-state index is 0.00710. The second-order valence-corrected chi connectivity index (χ2v) is 8.11. The van der Waals surface area contributed by atoms with E-state index in [-0.39, 0.29) is 40.6 Å². The molecular formula is C21H17ClF5N5O3. The Hall–Kier alpha value is -3.45. The summed E-state index contributed by atoms with van der Waals surface area (Å²) in [4.78, 5) is 18.7. The second kappa shape index (κ2) is 9.30. The number of anilines is 2. The maximum atomic E-state index is 13.1. The van der Waals surface area contributed by atoms with Crippen LogP contribution in [0.4, 0.5) is 33.5 Å². The summed E-state index contributed by atoms with van der Waals surface area (Å²) in [6, 6.07) is 7.07. The number of nitrogens with zero attached hydrogens (tertiary/aromatic N) is 3. The van der Waals surface area contributed by atoms with Crippen molar-refractivity contribution in [1.82, 2.24) is 15.2 Å². The lowest BCUT2D eigenvalue weighted by molar-refractivity contribution is -0.141. The van der Waals surface area contributed by atoms with Crippen LogP contribution in [0, 0.1) is 0 Å². The van der Waals surface area contributed by atoms with E-state index in [0.29, 0.717) is 13.0 Å². The van der Waals surface area contributed by atoms with Gasteiger partial charge in [-0.15, -0.1) is 8.78 Å². The summed E-state index contributed by atoms with van der Waals surface area (Å²) in [7, 11) is 0. The molecule has 0 aliphatic carbocycles. The van der Waals surface area contributed by atoms with Crippen molar-refractivity contribution in [3.63, 3.8) is 0 Å². The van der Waals surface area contributed by atoms with Crippen LogP contribution in [0.5, 0.6) is 5.75 Å². The lowest BCUT2D eigenvalue weighted by atomic mass is 10.1. The highest BCUT2D eigenvalue weighted by Gasteiger charge is 2.34. The Morgan fingerprint density at radius 3 is 2.49 bits per heavy atom. The fourth-order valence-corrected chi connectivity index (χ4v) is 3.59. The first kappa shape index (κ1) is 24.7. The summed E-state index contributed by atoms with van der Waals surface area (Å²) in [5.41, 5.74) is -4.65. The van der Waals surface area contributed by atoms with Crippen molar-refractivity contribution in [2.45, 2.75) is 24.3 Å². The number of aromatic nitrogens is 3. The molecule has 14 heteroatoms. The number of pyridine rings is 1. The molecule has 0 bridgehead atoms. The van der Waals surface area contributed by atoms with Crippen LogP contribution < -0.4 is 15.0 Å². The fourth-order valence-electron chi connectivity index (χ4n) is 3.50. The van der Waals surface area contributed by atoms with Crippen molar-refractivity contribution in [2.24, 2.45) is 0 Å². The molecule has 35 heavy (non-hydrogen) atoms. The molecule has 0 radical (unpaired) electrons. The van der Waals surface area contributed by atoms with Gasteiger partial charge in [0, 0.05) is 42.1 Å². The zero-order chi connectivity index (χ0) is 25.4. The minimum atomic E-state index is -4.65. The van der Waals surface area contributed by atoms with Gasteiger partial charge in [-0.05, 0) is 42.8 Å². The van der Waals surface area contributed by atoms with E-state index in [4.69, 9.17) is 11.6 Å². The molecule has 1 atom stereocenters. The van der Waals surface area contributed by atoms with Crippen molar-refractivity contribution in [1.29, 1.82) is 0 Å². The molecule has 1 aromatic carbocycles. The third-order valence-electron chi connectivity index (χ3n) is 5.10. The lowest BCUT2D eigenvalue weighted by Gasteiger charge is -2.20. The molecule has 4 rings (SSSR count). The Kier molecular flexibility index (Phi) is 6.56. The average molecular weight is 518 g/mol. The number of carbonyl (C=O) groups excluding carboxylic acids is 1. The first-order valence-corrected chi connectivity index (χ1v) is 10.5. The predicted molar refractivity (Wildman–Crippen MR) is 115 cm³/mol. The summed E-state index contributed by atoms with van der Waals surface area (Å²) in [5.74, 6) is -0.625. The monoisotopic (exact) mass is 517 g/mol. The van der Waals surface area contributed by atoms with Crippen LogP contribution in [0.15, 0.2) is 42.6 Å². The molecule has 8 nitrogen and oxygen atoms in total. The summed E-state index contributed by atoms with van der Waals surface area (Å²) < 4.78 is 68.9. The standard InChI is InChI=1S/C21H17ClF5N5O3/c22-21(26,27)35-14-3-1-12(2-4-14)29-19(34)11-7-15(16-8-17(31-30-16)20(23,24)25)18(28-9-11)32-6-5-13(33)10-32/h1-4,7-9,13,33H,5-6,10H2,(H,29,34)(H,30,31). The molecule has 1 fully saturated rings. The SMILES string of the molecule is O=C(Nc1ccc(OC(F)(F)Cl)cc1)c1cnc(N2CCC(O)C2)c(-c2cc(C(F)(F)F)[nH]n2)c1. The number of nitrogens with one attached hydrogen (secondary N) is 2. The van der Waals surface area contributed by atoms with E-state index >= 15 is 0 Å². The van der Waals surface area contributed by atoms with Gasteiger partial charge in [0.2, 0.25) is 0 Å². The number of hydrogen-bond acceptors (Lipinski definition) is 6. The van der Waals surface area contributed by atoms with Gasteiger partial charge in [-0.2, -0.15) is 18.3 Å². The van der Waals surface area contributed by atoms with Gasteiger partial charge in [-0.25, -0.2) is 4.98 Å². The van der Waals surface area contributed by atoms with Crippen LogP contribution in [-0.2, 0) is 6.18 Å². The van der Waals surface area contributed by atoms with E-state index in [2.05, 4.69) is 20.1 Å². The number of amides is 1. The number of rotatable bonds is 6. The summed E-state index contributed by atoms with van der Waals surface area (Å²) in [6.07, 6.45) is -3.58. The fraction of sp³-hybridized carbons (Fsp3) is 0.286. The van der Waals surface area contributed by atoms with Gasteiger partial charge in [0.1, 0.15) is 17.3 Å². The first-order valence-electron chi connectivity index (χ1n) is 10.1. The summed E-state index contributed by atoms with van der Waals surface area (Å²) in [5, 5.41) is 18.1. The quantitative estimate of drug-likeness (QED) is 0.329. The number of aliphatic hydroxyl groups excluding tert-OH is 1. The number of aromatic amines is 1. The molecule has 0 saturated carbocycles. The zero-order valence-corrected chi connectivity index (χ0v) is 18.4. The molecule has 3 aromatic rings. The van der Waals surface area contributed by atoms with Gasteiger partial charge < -0.3 is 20.1 Å². The van der Waals surface area contributed by atoms with Crippen LogP contribution in [0.25, 0.3) is 11.3 Å². The maximum absolute atomic E-state index is 13.1. The molecule has 1 aliphatic rings. The third kappa shape index (κ3) is 5.98. The molecule has 3 N–H and O–H groups in total. The Morgan fingerprint density at radius 2 is 1.91 bits per heavy atom. The number of aliphatic hydroxyl groups is 1. The molecule has 2 aromatic heterocycles. The van der Waals surface area contributed by atoms with Crippen LogP contribution in [0.1, 0.15) is 22.5 Å². The molecular weight excluding hydrogens is 501 g/mol. The van der Waals surface area contributed by atoms with Crippen molar-refractivity contribution < 1.29 is 36.6 Å². The molecule has 1 amide bonds. The van der Waals surface area contributed by atoms with Gasteiger partial charge in [-0.1, -0.05) is 0 Å². The summed E-state index contributed by atoms with van der Waals surface area (Å²) in [6.45, 7) is 0.636. The van der Waals surface area contributed by atoms with Crippen molar-refractivity contribution in [3.8, 4) is 17.0 Å². The van der Waals surface area contributed by atoms with Gasteiger partial charge in [-0.3, -0.25) is 9.89 Å². The van der Waals surface area contributed by atoms with Crippen molar-refractivity contribution in [3.05, 3.63) is 53.9 Å². The number of hydrogen-bond donors (Lipinski definition) is 3. The van der Waals surface area contributed by atoms with E-state index in [1.807, 2.05) is 5.10 Å². The average Bonchev–Trinajstić information content (AvgIpc) is 3.43. The molecule has 1 aliphatic heterocycles. The van der Waals surface area contributed by atoms with Crippen LogP contribution in [0.2, 0.25) is 0 Å². The van der Waals surface area contributed by atoms with E-state index in [1.165, 1.54) is 36.5 Å². The van der Waals surface area contributed by atoms with Crippen molar-refractivity contribution >= 4 is 29.0 Å². The number of β-amino-alcohol motifs (C(OH)–C–C–N with tert-alkyl or cyclic N) is 1. The highest BCUT2D eigenvalue weighted by molar-refractivity contribution is 6.20. The molecule has 186 valence electrons. The van der Waals surface area contributed by atoms with E-state index < -0.39 is 29.4 Å². The molecule has 1 saturated heterocycles. The Balaban J connectivity index is 1.61. The van der Waals surface area contributed by atoms with Crippen molar-refractivity contribution in [2.75, 3.05) is 23.3 Å². The van der Waals surface area contributed by atoms with Crippen LogP contribution in [0.3, 0.4) is 0 Å². The Bertz CT molecular complexity index is 1210. The Morgan fingerprint density at radius 1 is 1.20 bits per heavy atom. The molecule has 0 spiro atoms. The zero-order valence-electron chi connectivity index (χ0n) is 17.6. The number of benzene rings is 1. The topological polar surface area (TPSA) is 103 Å². The maximum Gasteiger partial charge on any atom is 0.487 e. The van der Waals surface area contributed by atoms with E-state index in [1.54, 1.807) is 4.90 Å². The smallest absolute Gasteiger partial charge is 0.420 e. The highest BCUT2D eigenvalue weighted by Crippen LogP contribution is 2.35. The van der Waals surface area contributed by atoms with Gasteiger partial charge >= 0.3 is 11.7 Å². The number of halogens is 6. The van der Waals surface area contributed by atoms with E-state index in [0.717, 1.165) is 6.07 Å². The number of alkyl halides is 6.